The molecule has 0 saturated heterocycles. The minimum atomic E-state index is -0.365. The maximum atomic E-state index is 14.8. The van der Waals surface area contributed by atoms with Crippen LogP contribution in [0, 0.1) is 18.6 Å². The van der Waals surface area contributed by atoms with Crippen LogP contribution in [0.4, 0.5) is 14.5 Å². The van der Waals surface area contributed by atoms with Crippen LogP contribution in [0.3, 0.4) is 0 Å². The number of fused-ring (bicyclic) bond motifs is 1. The van der Waals surface area contributed by atoms with E-state index in [1.807, 2.05) is 23.6 Å². The number of H-pyrrole nitrogens is 1. The first-order valence-electron chi connectivity index (χ1n) is 10.3. The minimum absolute atomic E-state index is 0.163. The highest BCUT2D eigenvalue weighted by molar-refractivity contribution is 5.98. The van der Waals surface area contributed by atoms with E-state index in [9.17, 15) is 13.6 Å². The first-order chi connectivity index (χ1) is 15.3. The lowest BCUT2D eigenvalue weighted by atomic mass is 10.0. The lowest BCUT2D eigenvalue weighted by Gasteiger charge is -2.16. The first kappa shape index (κ1) is 21.8. The number of aromatic nitrogens is 2. The number of benzene rings is 2. The van der Waals surface area contributed by atoms with Crippen molar-refractivity contribution in [3.8, 4) is 11.1 Å². The van der Waals surface area contributed by atoms with Crippen molar-refractivity contribution in [3.05, 3.63) is 87.5 Å². The molecule has 0 radical (unpaired) electrons. The molecule has 1 N–H and O–H groups in total. The number of nitrogens with one attached hydrogen (secondary N) is 1. The summed E-state index contributed by atoms with van der Waals surface area (Å²) in [5, 5.41) is 0.719. The summed E-state index contributed by atoms with van der Waals surface area (Å²) in [4.78, 5) is 17.3. The summed E-state index contributed by atoms with van der Waals surface area (Å²) in [7, 11) is 5.33. The summed E-state index contributed by atoms with van der Waals surface area (Å²) >= 11 is 0. The summed E-state index contributed by atoms with van der Waals surface area (Å²) in [5.74, 6) is -0.719. The second kappa shape index (κ2) is 8.59. The van der Waals surface area contributed by atoms with E-state index in [2.05, 4.69) is 4.98 Å². The van der Waals surface area contributed by atoms with Gasteiger partial charge in [0, 0.05) is 55.2 Å². The predicted octanol–water partition coefficient (Wildman–Crippen LogP) is 4.84. The number of hydrogen-bond donors (Lipinski definition) is 1. The molecule has 32 heavy (non-hydrogen) atoms. The molecule has 0 atom stereocenters. The lowest BCUT2D eigenvalue weighted by molar-refractivity contribution is 0.179. The number of nitrogens with zero attached hydrogens (tertiary/aromatic N) is 2. The monoisotopic (exact) mass is 437 g/mol. The Balaban J connectivity index is 2.04. The summed E-state index contributed by atoms with van der Waals surface area (Å²) < 4.78 is 36.7. The van der Waals surface area contributed by atoms with Crippen molar-refractivity contribution in [3.63, 3.8) is 0 Å². The fourth-order valence-corrected chi connectivity index (χ4v) is 4.05. The smallest absolute Gasteiger partial charge is 0.255 e. The zero-order chi connectivity index (χ0) is 23.0. The molecule has 0 amide bonds. The van der Waals surface area contributed by atoms with Crippen molar-refractivity contribution in [1.29, 1.82) is 0 Å². The zero-order valence-corrected chi connectivity index (χ0v) is 18.5. The Hall–Kier alpha value is -3.45. The maximum absolute atomic E-state index is 14.8. The van der Waals surface area contributed by atoms with Crippen molar-refractivity contribution in [2.45, 2.75) is 20.1 Å². The molecule has 0 aliphatic carbocycles. The number of hydrogen-bond acceptors (Lipinski definition) is 3. The van der Waals surface area contributed by atoms with Gasteiger partial charge >= 0.3 is 0 Å². The van der Waals surface area contributed by atoms with Crippen LogP contribution in [0.1, 0.15) is 16.8 Å². The molecular weight excluding hydrogens is 412 g/mol. The zero-order valence-electron chi connectivity index (χ0n) is 18.5. The van der Waals surface area contributed by atoms with Gasteiger partial charge in [-0.1, -0.05) is 0 Å². The molecule has 166 valence electrons. The Labute approximate surface area is 184 Å². The Morgan fingerprint density at radius 2 is 1.88 bits per heavy atom. The lowest BCUT2D eigenvalue weighted by Crippen LogP contribution is -2.12. The molecule has 2 heterocycles. The van der Waals surface area contributed by atoms with Gasteiger partial charge in [-0.25, -0.2) is 8.78 Å². The van der Waals surface area contributed by atoms with E-state index in [4.69, 9.17) is 4.74 Å². The van der Waals surface area contributed by atoms with Crippen LogP contribution in [-0.2, 0) is 17.9 Å². The van der Waals surface area contributed by atoms with Crippen LogP contribution >= 0.6 is 0 Å². The van der Waals surface area contributed by atoms with Crippen LogP contribution in [0.25, 0.3) is 22.0 Å². The number of methoxy groups -OCH3 is 1. The number of ether oxygens (including phenoxy) is 1. The van der Waals surface area contributed by atoms with E-state index < -0.39 is 0 Å². The molecule has 4 aromatic rings. The van der Waals surface area contributed by atoms with E-state index in [0.29, 0.717) is 33.5 Å². The Kier molecular flexibility index (Phi) is 5.84. The fraction of sp³-hybridized carbons (Fsp3) is 0.240. The maximum Gasteiger partial charge on any atom is 0.255 e. The van der Waals surface area contributed by atoms with Gasteiger partial charge in [0.25, 0.3) is 5.56 Å². The van der Waals surface area contributed by atoms with Crippen LogP contribution in [0.15, 0.2) is 53.5 Å². The Morgan fingerprint density at radius 1 is 1.09 bits per heavy atom. The average molecular weight is 437 g/mol. The summed E-state index contributed by atoms with van der Waals surface area (Å²) in [6, 6.07) is 11.6. The number of anilines is 1. The van der Waals surface area contributed by atoms with Crippen LogP contribution in [0.2, 0.25) is 0 Å². The quantitative estimate of drug-likeness (QED) is 0.470. The third-order valence-electron chi connectivity index (χ3n) is 5.69. The van der Waals surface area contributed by atoms with E-state index >= 15 is 0 Å². The van der Waals surface area contributed by atoms with Gasteiger partial charge in [0.05, 0.1) is 24.4 Å². The minimum Gasteiger partial charge on any atom is -0.378 e. The second-order valence-electron chi connectivity index (χ2n) is 8.04. The summed E-state index contributed by atoms with van der Waals surface area (Å²) in [5.41, 5.74) is 3.90. The number of rotatable bonds is 6. The molecule has 0 bridgehead atoms. The molecule has 2 aromatic carbocycles. The van der Waals surface area contributed by atoms with Crippen LogP contribution in [0.5, 0.6) is 0 Å². The van der Waals surface area contributed by atoms with E-state index in [0.717, 1.165) is 11.1 Å². The van der Waals surface area contributed by atoms with Crippen molar-refractivity contribution in [2.24, 2.45) is 0 Å². The van der Waals surface area contributed by atoms with Gasteiger partial charge in [0.1, 0.15) is 11.6 Å². The SMILES string of the molecule is COCc1c(-c2ccc[nH]c2=O)c2cc(C)c(F)cc2n1Cc1cc(N(C)C)ccc1F. The Morgan fingerprint density at radius 3 is 2.56 bits per heavy atom. The fourth-order valence-electron chi connectivity index (χ4n) is 4.05. The van der Waals surface area contributed by atoms with E-state index in [-0.39, 0.29) is 30.3 Å². The molecule has 0 aliphatic rings. The van der Waals surface area contributed by atoms with E-state index in [1.54, 1.807) is 50.6 Å². The van der Waals surface area contributed by atoms with Crippen molar-refractivity contribution >= 4 is 16.6 Å². The van der Waals surface area contributed by atoms with Gasteiger partial charge in [-0.2, -0.15) is 0 Å². The Bertz CT molecular complexity index is 1360. The normalized spacial score (nSPS) is 11.3. The number of aryl methyl sites for hydroxylation is 1. The predicted molar refractivity (Wildman–Crippen MR) is 123 cm³/mol. The van der Waals surface area contributed by atoms with Gasteiger partial charge < -0.3 is 19.2 Å². The molecule has 0 fully saturated rings. The molecule has 7 heteroatoms. The molecule has 0 aliphatic heterocycles. The second-order valence-corrected chi connectivity index (χ2v) is 8.04. The van der Waals surface area contributed by atoms with Gasteiger partial charge in [-0.05, 0) is 55.0 Å². The topological polar surface area (TPSA) is 50.3 Å². The summed E-state index contributed by atoms with van der Waals surface area (Å²) in [6.45, 7) is 2.02. The third kappa shape index (κ3) is 3.80. The number of aromatic amines is 1. The van der Waals surface area contributed by atoms with Crippen molar-refractivity contribution < 1.29 is 13.5 Å². The molecule has 0 unspecified atom stereocenters. The standard InChI is InChI=1S/C25H25F2N3O2/c1-15-10-19-22(12-21(15)27)30(13-16-11-17(29(2)3)7-8-20(16)26)23(14-32-4)24(19)18-6-5-9-28-25(18)31/h5-12H,13-14H2,1-4H3,(H,28,31). The first-order valence-corrected chi connectivity index (χ1v) is 10.3. The van der Waals surface area contributed by atoms with Crippen molar-refractivity contribution in [2.75, 3.05) is 26.1 Å². The largest absolute Gasteiger partial charge is 0.378 e. The van der Waals surface area contributed by atoms with Crippen LogP contribution in [-0.4, -0.2) is 30.8 Å². The van der Waals surface area contributed by atoms with E-state index in [1.165, 1.54) is 12.1 Å². The van der Waals surface area contributed by atoms with Gasteiger partial charge in [-0.15, -0.1) is 0 Å². The van der Waals surface area contributed by atoms with Crippen molar-refractivity contribution in [1.82, 2.24) is 9.55 Å². The number of pyridine rings is 1. The molecule has 4 rings (SSSR count). The molecule has 0 spiro atoms. The number of halogens is 2. The highest BCUT2D eigenvalue weighted by Gasteiger charge is 2.22. The van der Waals surface area contributed by atoms with Crippen LogP contribution < -0.4 is 10.5 Å². The molecule has 2 aromatic heterocycles. The van der Waals surface area contributed by atoms with Gasteiger partial charge in [0.15, 0.2) is 0 Å². The molecule has 5 nitrogen and oxygen atoms in total. The highest BCUT2D eigenvalue weighted by Crippen LogP contribution is 2.36. The average Bonchev–Trinajstić information content (AvgIpc) is 3.02. The third-order valence-corrected chi connectivity index (χ3v) is 5.69. The van der Waals surface area contributed by atoms with Gasteiger partial charge in [0.2, 0.25) is 0 Å². The summed E-state index contributed by atoms with van der Waals surface area (Å²) in [6.07, 6.45) is 1.56. The molecular formula is C25H25F2N3O2. The molecule has 0 saturated carbocycles. The highest BCUT2D eigenvalue weighted by atomic mass is 19.1. The van der Waals surface area contributed by atoms with Gasteiger partial charge in [-0.3, -0.25) is 4.79 Å².